The van der Waals surface area contributed by atoms with Crippen LogP contribution in [-0.4, -0.2) is 45.9 Å². The highest BCUT2D eigenvalue weighted by Gasteiger charge is 2.18. The first kappa shape index (κ1) is 19.4. The van der Waals surface area contributed by atoms with E-state index >= 15 is 0 Å². The molecule has 0 aliphatic carbocycles. The van der Waals surface area contributed by atoms with E-state index in [0.29, 0.717) is 12.2 Å². The minimum Gasteiger partial charge on any atom is -0.378 e. The molecule has 7 heteroatoms. The van der Waals surface area contributed by atoms with Crippen molar-refractivity contribution in [2.75, 3.05) is 31.2 Å². The number of nitrogens with zero attached hydrogens (tertiary/aromatic N) is 5. The number of aromatic nitrogens is 4. The van der Waals surface area contributed by atoms with Gasteiger partial charge in [-0.05, 0) is 35.7 Å². The second kappa shape index (κ2) is 7.83. The lowest BCUT2D eigenvalue weighted by Gasteiger charge is -2.28. The summed E-state index contributed by atoms with van der Waals surface area (Å²) in [6, 6.07) is 11.6. The lowest BCUT2D eigenvalue weighted by molar-refractivity contribution is 0.122. The van der Waals surface area contributed by atoms with Gasteiger partial charge in [-0.25, -0.2) is 4.68 Å². The van der Waals surface area contributed by atoms with Crippen molar-refractivity contribution in [3.05, 3.63) is 59.0 Å². The Kier molecular flexibility index (Phi) is 5.24. The van der Waals surface area contributed by atoms with Crippen LogP contribution in [0.15, 0.2) is 53.6 Å². The molecule has 0 atom stereocenters. The Hall–Kier alpha value is -2.93. The van der Waals surface area contributed by atoms with Crippen LogP contribution in [0.3, 0.4) is 0 Å². The standard InChI is InChI=1S/C22H27N5O2/c1-22(2,3)16-27-19(8-10-23-27)21-20(28)9-11-26(24-21)18-6-4-17(5-7-18)25-12-14-29-15-13-25/h4-11H,12-16H2,1-3H3. The molecule has 0 spiro atoms. The van der Waals surface area contributed by atoms with Crippen molar-refractivity contribution in [3.63, 3.8) is 0 Å². The molecule has 3 heterocycles. The fourth-order valence-electron chi connectivity index (χ4n) is 3.48. The van der Waals surface area contributed by atoms with E-state index in [2.05, 4.69) is 48.0 Å². The SMILES string of the molecule is CC(C)(C)Cn1nccc1-c1nn(-c2ccc(N3CCOCC3)cc2)ccc1=O. The molecule has 2 aromatic heterocycles. The minimum atomic E-state index is -0.109. The first-order valence-electron chi connectivity index (χ1n) is 9.96. The molecule has 0 bridgehead atoms. The Balaban J connectivity index is 1.64. The van der Waals surface area contributed by atoms with E-state index in [1.165, 1.54) is 5.69 Å². The third kappa shape index (κ3) is 4.40. The number of benzene rings is 1. The molecule has 0 radical (unpaired) electrons. The first-order valence-corrected chi connectivity index (χ1v) is 9.96. The number of anilines is 1. The quantitative estimate of drug-likeness (QED) is 0.682. The van der Waals surface area contributed by atoms with Crippen LogP contribution in [-0.2, 0) is 11.3 Å². The normalized spacial score (nSPS) is 14.9. The Labute approximate surface area is 170 Å². The summed E-state index contributed by atoms with van der Waals surface area (Å²) >= 11 is 0. The third-order valence-electron chi connectivity index (χ3n) is 4.88. The zero-order valence-corrected chi connectivity index (χ0v) is 17.2. The molecule has 4 rings (SSSR count). The molecular formula is C22H27N5O2. The van der Waals surface area contributed by atoms with Gasteiger partial charge >= 0.3 is 0 Å². The smallest absolute Gasteiger partial charge is 0.209 e. The van der Waals surface area contributed by atoms with Crippen LogP contribution in [0.4, 0.5) is 5.69 Å². The van der Waals surface area contributed by atoms with E-state index < -0.39 is 0 Å². The van der Waals surface area contributed by atoms with Crippen LogP contribution in [0.5, 0.6) is 0 Å². The summed E-state index contributed by atoms with van der Waals surface area (Å²) in [5, 5.41) is 9.03. The van der Waals surface area contributed by atoms with Gasteiger partial charge in [-0.15, -0.1) is 0 Å². The number of hydrogen-bond donors (Lipinski definition) is 0. The molecule has 0 saturated carbocycles. The monoisotopic (exact) mass is 393 g/mol. The van der Waals surface area contributed by atoms with Crippen LogP contribution < -0.4 is 10.3 Å². The minimum absolute atomic E-state index is 0.0455. The highest BCUT2D eigenvalue weighted by molar-refractivity contribution is 5.54. The second-order valence-electron chi connectivity index (χ2n) is 8.52. The zero-order chi connectivity index (χ0) is 20.4. The number of rotatable bonds is 4. The van der Waals surface area contributed by atoms with Gasteiger partial charge < -0.3 is 9.64 Å². The van der Waals surface area contributed by atoms with E-state index in [-0.39, 0.29) is 10.8 Å². The topological polar surface area (TPSA) is 65.2 Å². The number of morpholine rings is 1. The van der Waals surface area contributed by atoms with E-state index in [1.54, 1.807) is 23.1 Å². The van der Waals surface area contributed by atoms with Crippen molar-refractivity contribution in [3.8, 4) is 17.1 Å². The highest BCUT2D eigenvalue weighted by Crippen LogP contribution is 2.22. The summed E-state index contributed by atoms with van der Waals surface area (Å²) < 4.78 is 9.02. The molecule has 1 aliphatic rings. The van der Waals surface area contributed by atoms with Gasteiger partial charge in [0.1, 0.15) is 0 Å². The summed E-state index contributed by atoms with van der Waals surface area (Å²) in [6.07, 6.45) is 3.43. The lowest BCUT2D eigenvalue weighted by atomic mass is 9.97. The predicted octanol–water partition coefficient (Wildman–Crippen LogP) is 2.98. The van der Waals surface area contributed by atoms with E-state index in [9.17, 15) is 4.79 Å². The van der Waals surface area contributed by atoms with Crippen molar-refractivity contribution in [2.24, 2.45) is 5.41 Å². The first-order chi connectivity index (χ1) is 13.9. The van der Waals surface area contributed by atoms with Crippen molar-refractivity contribution in [1.82, 2.24) is 19.6 Å². The molecule has 29 heavy (non-hydrogen) atoms. The molecule has 0 amide bonds. The van der Waals surface area contributed by atoms with Crippen molar-refractivity contribution in [1.29, 1.82) is 0 Å². The van der Waals surface area contributed by atoms with Gasteiger partial charge in [0.2, 0.25) is 5.43 Å². The summed E-state index contributed by atoms with van der Waals surface area (Å²) in [6.45, 7) is 10.5. The van der Waals surface area contributed by atoms with E-state index in [0.717, 1.165) is 37.7 Å². The van der Waals surface area contributed by atoms with Crippen LogP contribution in [0.2, 0.25) is 0 Å². The summed E-state index contributed by atoms with van der Waals surface area (Å²) in [4.78, 5) is 14.9. The zero-order valence-electron chi connectivity index (χ0n) is 17.2. The number of hydrogen-bond acceptors (Lipinski definition) is 5. The van der Waals surface area contributed by atoms with Gasteiger partial charge in [-0.2, -0.15) is 10.2 Å². The highest BCUT2D eigenvalue weighted by atomic mass is 16.5. The van der Waals surface area contributed by atoms with Crippen molar-refractivity contribution < 1.29 is 4.74 Å². The molecule has 0 unspecified atom stereocenters. The maximum atomic E-state index is 12.5. The summed E-state index contributed by atoms with van der Waals surface area (Å²) in [7, 11) is 0. The molecule has 3 aromatic rings. The van der Waals surface area contributed by atoms with Gasteiger partial charge in [-0.1, -0.05) is 20.8 Å². The molecule has 1 saturated heterocycles. The Morgan fingerprint density at radius 3 is 2.38 bits per heavy atom. The molecule has 0 N–H and O–H groups in total. The van der Waals surface area contributed by atoms with Gasteiger partial charge in [0.05, 0.1) is 24.6 Å². The lowest BCUT2D eigenvalue weighted by Crippen LogP contribution is -2.36. The van der Waals surface area contributed by atoms with Crippen LogP contribution in [0, 0.1) is 5.41 Å². The van der Waals surface area contributed by atoms with Gasteiger partial charge in [0, 0.05) is 43.8 Å². The van der Waals surface area contributed by atoms with Crippen molar-refractivity contribution in [2.45, 2.75) is 27.3 Å². The Morgan fingerprint density at radius 2 is 1.69 bits per heavy atom. The van der Waals surface area contributed by atoms with Gasteiger partial charge in [-0.3, -0.25) is 9.48 Å². The van der Waals surface area contributed by atoms with E-state index in [1.807, 2.05) is 22.9 Å². The average Bonchev–Trinajstić information content (AvgIpc) is 3.15. The van der Waals surface area contributed by atoms with E-state index in [4.69, 9.17) is 4.74 Å². The number of ether oxygens (including phenoxy) is 1. The maximum Gasteiger partial charge on any atom is 0.209 e. The molecule has 7 nitrogen and oxygen atoms in total. The Morgan fingerprint density at radius 1 is 1.00 bits per heavy atom. The average molecular weight is 393 g/mol. The Bertz CT molecular complexity index is 1020. The largest absolute Gasteiger partial charge is 0.378 e. The summed E-state index contributed by atoms with van der Waals surface area (Å²) in [5.41, 5.74) is 3.16. The summed E-state index contributed by atoms with van der Waals surface area (Å²) in [5.74, 6) is 0. The molecule has 1 aromatic carbocycles. The van der Waals surface area contributed by atoms with Crippen molar-refractivity contribution >= 4 is 5.69 Å². The second-order valence-corrected chi connectivity index (χ2v) is 8.52. The van der Waals surface area contributed by atoms with Gasteiger partial charge in [0.25, 0.3) is 0 Å². The fraction of sp³-hybridized carbons (Fsp3) is 0.409. The fourth-order valence-corrected chi connectivity index (χ4v) is 3.48. The van der Waals surface area contributed by atoms with Crippen LogP contribution in [0.1, 0.15) is 20.8 Å². The molecule has 1 fully saturated rings. The molecular weight excluding hydrogens is 366 g/mol. The van der Waals surface area contributed by atoms with Crippen LogP contribution in [0.25, 0.3) is 17.1 Å². The molecule has 152 valence electrons. The predicted molar refractivity (Wildman–Crippen MR) is 114 cm³/mol. The molecule has 1 aliphatic heterocycles. The van der Waals surface area contributed by atoms with Gasteiger partial charge in [0.15, 0.2) is 5.69 Å². The van der Waals surface area contributed by atoms with Crippen LogP contribution >= 0.6 is 0 Å². The third-order valence-corrected chi connectivity index (χ3v) is 4.88. The maximum absolute atomic E-state index is 12.5.